The highest BCUT2D eigenvalue weighted by Gasteiger charge is 2.25. The van der Waals surface area contributed by atoms with Crippen molar-refractivity contribution in [2.24, 2.45) is 5.92 Å². The lowest BCUT2D eigenvalue weighted by Gasteiger charge is -2.32. The van der Waals surface area contributed by atoms with Crippen molar-refractivity contribution in [1.82, 2.24) is 19.7 Å². The number of para-hydroxylation sites is 1. The van der Waals surface area contributed by atoms with Gasteiger partial charge in [0.15, 0.2) is 0 Å². The van der Waals surface area contributed by atoms with Crippen LogP contribution in [0, 0.1) is 12.8 Å². The average molecular weight is 601 g/mol. The Balaban J connectivity index is 1.04. The summed E-state index contributed by atoms with van der Waals surface area (Å²) in [6, 6.07) is 27.3. The van der Waals surface area contributed by atoms with Gasteiger partial charge in [0.1, 0.15) is 5.82 Å². The lowest BCUT2D eigenvalue weighted by molar-refractivity contribution is 0.0692. The summed E-state index contributed by atoms with van der Waals surface area (Å²) in [6.45, 7) is 9.85. The SMILES string of the molecule is Cc1ccc(-n2nc(C(C)(C)C)cc2NC(=O)Nc2ccc(CC3CCN(C(=O)c4ccnc5ccccc45)CC3)cc2)cc1. The monoisotopic (exact) mass is 600 g/mol. The van der Waals surface area contributed by atoms with Crippen LogP contribution in [0.15, 0.2) is 91.1 Å². The molecule has 1 aliphatic rings. The summed E-state index contributed by atoms with van der Waals surface area (Å²) in [5.74, 6) is 1.20. The van der Waals surface area contributed by atoms with Crippen LogP contribution in [0.1, 0.15) is 60.8 Å². The highest BCUT2D eigenvalue weighted by molar-refractivity contribution is 6.06. The number of carbonyl (C=O) groups is 2. The molecule has 45 heavy (non-hydrogen) atoms. The van der Waals surface area contributed by atoms with Crippen molar-refractivity contribution in [3.8, 4) is 5.69 Å². The first-order chi connectivity index (χ1) is 21.6. The molecule has 2 N–H and O–H groups in total. The number of hydrogen-bond acceptors (Lipinski definition) is 4. The number of nitrogens with zero attached hydrogens (tertiary/aromatic N) is 4. The van der Waals surface area contributed by atoms with E-state index in [1.165, 1.54) is 5.56 Å². The Morgan fingerprint density at radius 2 is 1.60 bits per heavy atom. The van der Waals surface area contributed by atoms with Crippen molar-refractivity contribution >= 4 is 34.3 Å². The molecule has 2 aromatic heterocycles. The molecule has 1 fully saturated rings. The minimum Gasteiger partial charge on any atom is -0.339 e. The Morgan fingerprint density at radius 3 is 2.31 bits per heavy atom. The van der Waals surface area contributed by atoms with Gasteiger partial charge in [-0.1, -0.05) is 68.8 Å². The van der Waals surface area contributed by atoms with E-state index in [1.807, 2.05) is 84.6 Å². The molecule has 1 saturated heterocycles. The fraction of sp³-hybridized carbons (Fsp3) is 0.297. The van der Waals surface area contributed by atoms with Gasteiger partial charge in [0.2, 0.25) is 0 Å². The highest BCUT2D eigenvalue weighted by Crippen LogP contribution is 2.28. The lowest BCUT2D eigenvalue weighted by Crippen LogP contribution is -2.39. The summed E-state index contributed by atoms with van der Waals surface area (Å²) in [5, 5.41) is 11.7. The smallest absolute Gasteiger partial charge is 0.324 e. The van der Waals surface area contributed by atoms with Crippen LogP contribution in [0.4, 0.5) is 16.3 Å². The van der Waals surface area contributed by atoms with Gasteiger partial charge in [-0.05, 0) is 74.1 Å². The predicted octanol–water partition coefficient (Wildman–Crippen LogP) is 7.77. The number of amides is 3. The molecule has 0 bridgehead atoms. The molecule has 0 atom stereocenters. The number of aromatic nitrogens is 3. The first kappa shape index (κ1) is 30.1. The van der Waals surface area contributed by atoms with E-state index in [-0.39, 0.29) is 17.4 Å². The number of rotatable bonds is 6. The second kappa shape index (κ2) is 12.6. The standard InChI is InChI=1S/C37H40N6O2/c1-25-9-15-29(16-10-25)43-34(24-33(41-43)37(2,3)4)40-36(45)39-28-13-11-26(12-14-28)23-27-18-21-42(22-19-27)35(44)31-17-20-38-32-8-6-5-7-30(31)32/h5-17,20,24,27H,18-19,21-23H2,1-4H3,(H2,39,40,45). The molecule has 3 aromatic carbocycles. The van der Waals surface area contributed by atoms with Crippen LogP contribution < -0.4 is 10.6 Å². The number of anilines is 2. The number of pyridine rings is 1. The number of aryl methyl sites for hydroxylation is 1. The van der Waals surface area contributed by atoms with Crippen molar-refractivity contribution in [2.45, 2.75) is 52.4 Å². The molecule has 0 saturated carbocycles. The maximum atomic E-state index is 13.3. The molecular weight excluding hydrogens is 560 g/mol. The van der Waals surface area contributed by atoms with Crippen LogP contribution in [-0.4, -0.2) is 44.7 Å². The van der Waals surface area contributed by atoms with Gasteiger partial charge in [0, 0.05) is 41.8 Å². The number of carbonyl (C=O) groups excluding carboxylic acids is 2. The fourth-order valence-electron chi connectivity index (χ4n) is 5.85. The number of likely N-dealkylation sites (tertiary alicyclic amines) is 1. The first-order valence-corrected chi connectivity index (χ1v) is 15.6. The second-order valence-electron chi connectivity index (χ2n) is 13.0. The van der Waals surface area contributed by atoms with Gasteiger partial charge in [0.25, 0.3) is 5.91 Å². The summed E-state index contributed by atoms with van der Waals surface area (Å²) in [6.07, 6.45) is 4.58. The van der Waals surface area contributed by atoms with E-state index in [1.54, 1.807) is 10.9 Å². The van der Waals surface area contributed by atoms with E-state index >= 15 is 0 Å². The van der Waals surface area contributed by atoms with Crippen molar-refractivity contribution in [3.05, 3.63) is 114 Å². The molecule has 8 nitrogen and oxygen atoms in total. The van der Waals surface area contributed by atoms with Crippen LogP contribution >= 0.6 is 0 Å². The minimum atomic E-state index is -0.324. The van der Waals surface area contributed by atoms with Crippen molar-refractivity contribution in [3.63, 3.8) is 0 Å². The van der Waals surface area contributed by atoms with Crippen LogP contribution in [0.5, 0.6) is 0 Å². The molecule has 6 rings (SSSR count). The third-order valence-corrected chi connectivity index (χ3v) is 8.52. The molecule has 0 unspecified atom stereocenters. The predicted molar refractivity (Wildman–Crippen MR) is 180 cm³/mol. The normalized spacial score (nSPS) is 14.0. The number of hydrogen-bond donors (Lipinski definition) is 2. The van der Waals surface area contributed by atoms with Gasteiger partial charge < -0.3 is 10.2 Å². The molecule has 3 amide bonds. The van der Waals surface area contributed by atoms with Gasteiger partial charge in [-0.15, -0.1) is 0 Å². The van der Waals surface area contributed by atoms with E-state index in [0.717, 1.165) is 71.5 Å². The van der Waals surface area contributed by atoms with Crippen LogP contribution in [-0.2, 0) is 11.8 Å². The number of urea groups is 1. The largest absolute Gasteiger partial charge is 0.339 e. The van der Waals surface area contributed by atoms with Gasteiger partial charge in [0.05, 0.1) is 22.5 Å². The van der Waals surface area contributed by atoms with Crippen LogP contribution in [0.3, 0.4) is 0 Å². The second-order valence-corrected chi connectivity index (χ2v) is 13.0. The Morgan fingerprint density at radius 1 is 0.889 bits per heavy atom. The summed E-state index contributed by atoms with van der Waals surface area (Å²) in [7, 11) is 0. The van der Waals surface area contributed by atoms with E-state index in [2.05, 4.69) is 48.5 Å². The van der Waals surface area contributed by atoms with E-state index in [0.29, 0.717) is 11.7 Å². The molecule has 5 aromatic rings. The minimum absolute atomic E-state index is 0.0808. The average Bonchev–Trinajstić information content (AvgIpc) is 3.46. The molecule has 0 spiro atoms. The Kier molecular flexibility index (Phi) is 8.39. The Bertz CT molecular complexity index is 1810. The Hall–Kier alpha value is -4.98. The fourth-order valence-corrected chi connectivity index (χ4v) is 5.85. The summed E-state index contributed by atoms with van der Waals surface area (Å²) >= 11 is 0. The topological polar surface area (TPSA) is 92.2 Å². The maximum Gasteiger partial charge on any atom is 0.324 e. The van der Waals surface area contributed by atoms with Crippen molar-refractivity contribution in [1.29, 1.82) is 0 Å². The third kappa shape index (κ3) is 6.90. The number of piperidine rings is 1. The zero-order valence-corrected chi connectivity index (χ0v) is 26.4. The van der Waals surface area contributed by atoms with Crippen molar-refractivity contribution in [2.75, 3.05) is 23.7 Å². The van der Waals surface area contributed by atoms with E-state index in [9.17, 15) is 9.59 Å². The molecule has 0 radical (unpaired) electrons. The molecule has 3 heterocycles. The van der Waals surface area contributed by atoms with Crippen LogP contribution in [0.25, 0.3) is 16.6 Å². The molecule has 230 valence electrons. The lowest BCUT2D eigenvalue weighted by atomic mass is 9.90. The van der Waals surface area contributed by atoms with Gasteiger partial charge >= 0.3 is 6.03 Å². The number of benzene rings is 3. The molecule has 1 aliphatic heterocycles. The van der Waals surface area contributed by atoms with Gasteiger partial charge in [-0.2, -0.15) is 5.10 Å². The quantitative estimate of drug-likeness (QED) is 0.208. The van der Waals surface area contributed by atoms with Gasteiger partial charge in [-0.3, -0.25) is 15.1 Å². The maximum absolute atomic E-state index is 13.3. The zero-order valence-electron chi connectivity index (χ0n) is 26.4. The van der Waals surface area contributed by atoms with Crippen LogP contribution in [0.2, 0.25) is 0 Å². The summed E-state index contributed by atoms with van der Waals surface area (Å²) in [5.41, 5.74) is 6.28. The number of fused-ring (bicyclic) bond motifs is 1. The third-order valence-electron chi connectivity index (χ3n) is 8.52. The van der Waals surface area contributed by atoms with Gasteiger partial charge in [-0.25, -0.2) is 9.48 Å². The zero-order chi connectivity index (χ0) is 31.6. The van der Waals surface area contributed by atoms with Crippen molar-refractivity contribution < 1.29 is 9.59 Å². The first-order valence-electron chi connectivity index (χ1n) is 15.6. The van der Waals surface area contributed by atoms with E-state index < -0.39 is 0 Å². The molecule has 8 heteroatoms. The Labute approximate surface area is 264 Å². The molecular formula is C37H40N6O2. The highest BCUT2D eigenvalue weighted by atomic mass is 16.2. The number of nitrogens with one attached hydrogen (secondary N) is 2. The molecule has 0 aliphatic carbocycles. The summed E-state index contributed by atoms with van der Waals surface area (Å²) in [4.78, 5) is 32.7. The van der Waals surface area contributed by atoms with E-state index in [4.69, 9.17) is 5.10 Å². The summed E-state index contributed by atoms with van der Waals surface area (Å²) < 4.78 is 1.78.